The van der Waals surface area contributed by atoms with Crippen LogP contribution in [-0.2, 0) is 0 Å². The molecular weight excluding hydrogens is 464 g/mol. The fraction of sp³-hybridized carbons (Fsp3) is 0.147. The van der Waals surface area contributed by atoms with E-state index in [9.17, 15) is 0 Å². The lowest BCUT2D eigenvalue weighted by Crippen LogP contribution is -2.14. The highest BCUT2D eigenvalue weighted by molar-refractivity contribution is 6.03. The molecule has 1 aromatic heterocycles. The first-order valence-corrected chi connectivity index (χ1v) is 13.1. The number of benzene rings is 4. The second-order valence-corrected chi connectivity index (χ2v) is 10.0. The molecule has 4 aromatic carbocycles. The summed E-state index contributed by atoms with van der Waals surface area (Å²) in [6.45, 7) is 4.25. The van der Waals surface area contributed by atoms with E-state index >= 15 is 0 Å². The van der Waals surface area contributed by atoms with Crippen LogP contribution in [0.25, 0.3) is 27.7 Å². The first-order chi connectivity index (χ1) is 18.6. The standard InChI is InChI=1S/C34H30N4/c1-23-12-16-25(17-13-23)28-20-29(26-18-14-24(2)15-19-26)22-30(21-28)37-38-34-35-32-11-7-6-10-31(32)33(36-34)27-8-4-3-5-9-27/h3-19,21,29H,20,22H2,1-2H3,(H,35,36,38)/b37-30-/t29-/m1/s1. The lowest BCUT2D eigenvalue weighted by molar-refractivity contribution is 0.731. The highest BCUT2D eigenvalue weighted by atomic mass is 15.4. The zero-order valence-electron chi connectivity index (χ0n) is 21.7. The maximum Gasteiger partial charge on any atom is 0.244 e. The van der Waals surface area contributed by atoms with Gasteiger partial charge in [0.25, 0.3) is 0 Å². The SMILES string of the molecule is Cc1ccc(C2=C/C(=N/Nc3nc(-c4ccccc4)c4ccccc4n3)C[C@H](c3ccc(C)cc3)C2)cc1. The van der Waals surface area contributed by atoms with Crippen molar-refractivity contribution in [3.63, 3.8) is 0 Å². The summed E-state index contributed by atoms with van der Waals surface area (Å²) < 4.78 is 0. The van der Waals surface area contributed by atoms with E-state index in [0.29, 0.717) is 11.9 Å². The number of hydrazone groups is 1. The molecular formula is C34H30N4. The van der Waals surface area contributed by atoms with Crippen LogP contribution < -0.4 is 5.43 Å². The molecule has 5 aromatic rings. The van der Waals surface area contributed by atoms with Crippen LogP contribution in [-0.4, -0.2) is 15.7 Å². The third-order valence-corrected chi connectivity index (χ3v) is 7.18. The monoisotopic (exact) mass is 494 g/mol. The Morgan fingerprint density at radius 1 is 0.684 bits per heavy atom. The van der Waals surface area contributed by atoms with Crippen molar-refractivity contribution >= 4 is 28.1 Å². The number of hydrogen-bond acceptors (Lipinski definition) is 4. The third kappa shape index (κ3) is 5.12. The Morgan fingerprint density at radius 3 is 2.13 bits per heavy atom. The number of allylic oxidation sites excluding steroid dienone is 2. The maximum absolute atomic E-state index is 4.88. The fourth-order valence-corrected chi connectivity index (χ4v) is 5.09. The van der Waals surface area contributed by atoms with Gasteiger partial charge < -0.3 is 0 Å². The fourth-order valence-electron chi connectivity index (χ4n) is 5.09. The Morgan fingerprint density at radius 2 is 1.37 bits per heavy atom. The molecule has 0 fully saturated rings. The molecule has 0 saturated heterocycles. The lowest BCUT2D eigenvalue weighted by atomic mass is 9.80. The van der Waals surface area contributed by atoms with Crippen LogP contribution in [0, 0.1) is 13.8 Å². The van der Waals surface area contributed by atoms with Gasteiger partial charge in [0.15, 0.2) is 0 Å². The van der Waals surface area contributed by atoms with Gasteiger partial charge in [-0.3, -0.25) is 0 Å². The second-order valence-electron chi connectivity index (χ2n) is 10.0. The molecule has 0 bridgehead atoms. The Hall–Kier alpha value is -4.57. The zero-order valence-corrected chi connectivity index (χ0v) is 21.7. The molecule has 0 unspecified atom stereocenters. The number of rotatable bonds is 5. The van der Waals surface area contributed by atoms with Crippen molar-refractivity contribution in [1.29, 1.82) is 0 Å². The van der Waals surface area contributed by atoms with Gasteiger partial charge in [-0.15, -0.1) is 0 Å². The van der Waals surface area contributed by atoms with Crippen molar-refractivity contribution in [3.8, 4) is 11.3 Å². The van der Waals surface area contributed by atoms with Crippen molar-refractivity contribution < 1.29 is 0 Å². The summed E-state index contributed by atoms with van der Waals surface area (Å²) in [5.74, 6) is 0.854. The van der Waals surface area contributed by atoms with Gasteiger partial charge in [-0.05, 0) is 61.4 Å². The van der Waals surface area contributed by atoms with Crippen LogP contribution in [0.4, 0.5) is 5.95 Å². The van der Waals surface area contributed by atoms with E-state index < -0.39 is 0 Å². The highest BCUT2D eigenvalue weighted by Crippen LogP contribution is 2.36. The third-order valence-electron chi connectivity index (χ3n) is 7.18. The van der Waals surface area contributed by atoms with Crippen LogP contribution in [0.2, 0.25) is 0 Å². The topological polar surface area (TPSA) is 50.2 Å². The number of anilines is 1. The lowest BCUT2D eigenvalue weighted by Gasteiger charge is -2.25. The van der Waals surface area contributed by atoms with E-state index in [-0.39, 0.29) is 0 Å². The quantitative estimate of drug-likeness (QED) is 0.250. The number of para-hydroxylation sites is 1. The summed E-state index contributed by atoms with van der Waals surface area (Å²) in [6, 6.07) is 36.0. The first kappa shape index (κ1) is 23.8. The summed E-state index contributed by atoms with van der Waals surface area (Å²) in [5, 5.41) is 5.87. The molecule has 38 heavy (non-hydrogen) atoms. The molecule has 1 N–H and O–H groups in total. The van der Waals surface area contributed by atoms with Crippen LogP contribution in [0.1, 0.15) is 41.0 Å². The second kappa shape index (κ2) is 10.4. The number of nitrogens with zero attached hydrogens (tertiary/aromatic N) is 3. The molecule has 4 nitrogen and oxygen atoms in total. The molecule has 1 heterocycles. The smallest absolute Gasteiger partial charge is 0.244 e. The number of fused-ring (bicyclic) bond motifs is 1. The molecule has 0 radical (unpaired) electrons. The number of aromatic nitrogens is 2. The van der Waals surface area contributed by atoms with Gasteiger partial charge in [-0.25, -0.2) is 15.4 Å². The Balaban J connectivity index is 1.37. The summed E-state index contributed by atoms with van der Waals surface area (Å²) in [6.07, 6.45) is 4.06. The minimum Gasteiger partial charge on any atom is -0.245 e. The van der Waals surface area contributed by atoms with E-state index in [1.807, 2.05) is 36.4 Å². The molecule has 0 spiro atoms. The average Bonchev–Trinajstić information content (AvgIpc) is 2.97. The molecule has 186 valence electrons. The minimum absolute atomic E-state index is 0.356. The molecule has 1 aliphatic rings. The number of hydrogen-bond donors (Lipinski definition) is 1. The molecule has 1 atom stereocenters. The number of nitrogens with one attached hydrogen (secondary N) is 1. The summed E-state index contributed by atoms with van der Waals surface area (Å²) in [5.41, 5.74) is 13.5. The predicted molar refractivity (Wildman–Crippen MR) is 158 cm³/mol. The summed E-state index contributed by atoms with van der Waals surface area (Å²) in [7, 11) is 0. The molecule has 4 heteroatoms. The molecule has 0 amide bonds. The van der Waals surface area contributed by atoms with E-state index in [4.69, 9.17) is 15.1 Å². The van der Waals surface area contributed by atoms with E-state index in [1.165, 1.54) is 27.8 Å². The summed E-state index contributed by atoms with van der Waals surface area (Å²) >= 11 is 0. The van der Waals surface area contributed by atoms with Crippen LogP contribution in [0.5, 0.6) is 0 Å². The Kier molecular flexibility index (Phi) is 6.53. The number of aryl methyl sites for hydroxylation is 2. The highest BCUT2D eigenvalue weighted by Gasteiger charge is 2.22. The van der Waals surface area contributed by atoms with E-state index in [0.717, 1.165) is 40.7 Å². The zero-order chi connectivity index (χ0) is 25.9. The van der Waals surface area contributed by atoms with Crippen LogP contribution >= 0.6 is 0 Å². The maximum atomic E-state index is 4.88. The molecule has 1 aliphatic carbocycles. The van der Waals surface area contributed by atoms with Crippen molar-refractivity contribution in [2.45, 2.75) is 32.6 Å². The van der Waals surface area contributed by atoms with Gasteiger partial charge in [0.05, 0.1) is 16.9 Å². The van der Waals surface area contributed by atoms with Gasteiger partial charge in [0.2, 0.25) is 5.95 Å². The van der Waals surface area contributed by atoms with Gasteiger partial charge in [-0.1, -0.05) is 108 Å². The van der Waals surface area contributed by atoms with Gasteiger partial charge >= 0.3 is 0 Å². The van der Waals surface area contributed by atoms with Crippen molar-refractivity contribution in [3.05, 3.63) is 131 Å². The van der Waals surface area contributed by atoms with Crippen molar-refractivity contribution in [2.24, 2.45) is 5.10 Å². The van der Waals surface area contributed by atoms with Crippen molar-refractivity contribution in [1.82, 2.24) is 9.97 Å². The molecule has 0 aliphatic heterocycles. The Labute approximate surface area is 223 Å². The molecule has 0 saturated carbocycles. The van der Waals surface area contributed by atoms with Gasteiger partial charge in [-0.2, -0.15) is 5.10 Å². The van der Waals surface area contributed by atoms with Crippen molar-refractivity contribution in [2.75, 3.05) is 5.43 Å². The predicted octanol–water partition coefficient (Wildman–Crippen LogP) is 8.34. The Bertz CT molecular complexity index is 1630. The van der Waals surface area contributed by atoms with Crippen LogP contribution in [0.3, 0.4) is 0 Å². The van der Waals surface area contributed by atoms with Crippen LogP contribution in [0.15, 0.2) is 114 Å². The van der Waals surface area contributed by atoms with Gasteiger partial charge in [0.1, 0.15) is 0 Å². The normalized spacial score (nSPS) is 16.4. The summed E-state index contributed by atoms with van der Waals surface area (Å²) in [4.78, 5) is 9.65. The molecule has 6 rings (SSSR count). The van der Waals surface area contributed by atoms with E-state index in [1.54, 1.807) is 0 Å². The van der Waals surface area contributed by atoms with E-state index in [2.05, 4.69) is 92.1 Å². The van der Waals surface area contributed by atoms with Gasteiger partial charge in [0, 0.05) is 10.9 Å². The minimum atomic E-state index is 0.356. The first-order valence-electron chi connectivity index (χ1n) is 13.1. The average molecular weight is 495 g/mol. The largest absolute Gasteiger partial charge is 0.245 e.